The largest absolute Gasteiger partial charge is 0.481 e. The molecule has 1 heterocycles. The van der Waals surface area contributed by atoms with Gasteiger partial charge in [0, 0.05) is 17.6 Å². The molecule has 0 aliphatic carbocycles. The number of nitrogens with zero attached hydrogens (tertiary/aromatic N) is 1. The van der Waals surface area contributed by atoms with Crippen molar-refractivity contribution in [1.29, 1.82) is 0 Å². The fourth-order valence-electron chi connectivity index (χ4n) is 4.49. The van der Waals surface area contributed by atoms with Crippen molar-refractivity contribution in [2.75, 3.05) is 13.1 Å². The van der Waals surface area contributed by atoms with Gasteiger partial charge in [-0.05, 0) is 42.1 Å². The number of hydrogen-bond donors (Lipinski definition) is 1. The molecule has 32 heavy (non-hydrogen) atoms. The lowest BCUT2D eigenvalue weighted by Gasteiger charge is -2.45. The van der Waals surface area contributed by atoms with Gasteiger partial charge in [0.2, 0.25) is 0 Å². The van der Waals surface area contributed by atoms with Crippen molar-refractivity contribution in [2.24, 2.45) is 5.41 Å². The van der Waals surface area contributed by atoms with Crippen LogP contribution >= 0.6 is 15.9 Å². The lowest BCUT2D eigenvalue weighted by Crippen LogP contribution is -2.56. The molecule has 5 heteroatoms. The number of likely N-dealkylation sites (tertiary alicyclic amines) is 1. The molecular weight excluding hydrogens is 466 g/mol. The molecule has 4 rings (SSSR count). The summed E-state index contributed by atoms with van der Waals surface area (Å²) in [6.07, 6.45) is 0.544. The van der Waals surface area contributed by atoms with Gasteiger partial charge in [0.05, 0.1) is 12.7 Å². The third kappa shape index (κ3) is 5.29. The first-order valence-corrected chi connectivity index (χ1v) is 11.7. The Morgan fingerprint density at radius 3 is 2.25 bits per heavy atom. The second-order valence-electron chi connectivity index (χ2n) is 8.49. The minimum absolute atomic E-state index is 0.398. The highest BCUT2D eigenvalue weighted by molar-refractivity contribution is 9.10. The molecular formula is C27H28BrNO3. The normalized spacial score (nSPS) is 21.3. The zero-order valence-corrected chi connectivity index (χ0v) is 19.6. The molecule has 0 radical (unpaired) electrons. The standard InChI is InChI=1S/C27H28BrNO3/c28-24-14-8-7-13-23(24)17-27(26(30)31)15-16-29(18-21-9-3-1-4-10-21)19-25(27)32-20-22-11-5-2-6-12-22/h1-14,25H,15-20H2,(H,30,31). The van der Waals surface area contributed by atoms with Crippen LogP contribution in [-0.4, -0.2) is 35.2 Å². The number of rotatable bonds is 8. The van der Waals surface area contributed by atoms with Crippen molar-refractivity contribution in [1.82, 2.24) is 4.90 Å². The summed E-state index contributed by atoms with van der Waals surface area (Å²) in [7, 11) is 0. The zero-order valence-electron chi connectivity index (χ0n) is 18.0. The van der Waals surface area contributed by atoms with Crippen LogP contribution in [0.3, 0.4) is 0 Å². The second kappa shape index (κ2) is 10.4. The number of carbonyl (C=O) groups is 1. The van der Waals surface area contributed by atoms with Crippen LogP contribution < -0.4 is 0 Å². The first kappa shape index (κ1) is 22.7. The Labute approximate surface area is 198 Å². The number of aliphatic carboxylic acids is 1. The molecule has 0 bridgehead atoms. The number of carboxylic acid groups (broad SMARTS) is 1. The molecule has 1 aliphatic rings. The van der Waals surface area contributed by atoms with E-state index in [1.54, 1.807) is 0 Å². The second-order valence-corrected chi connectivity index (χ2v) is 9.34. The molecule has 0 amide bonds. The summed E-state index contributed by atoms with van der Waals surface area (Å²) in [6.45, 7) is 2.49. The number of ether oxygens (including phenoxy) is 1. The maximum absolute atomic E-state index is 12.8. The number of hydrogen-bond acceptors (Lipinski definition) is 3. The Bertz CT molecular complexity index is 1030. The summed E-state index contributed by atoms with van der Waals surface area (Å²) in [4.78, 5) is 15.1. The molecule has 1 N–H and O–H groups in total. The van der Waals surface area contributed by atoms with Crippen LogP contribution in [0.4, 0.5) is 0 Å². The van der Waals surface area contributed by atoms with E-state index in [-0.39, 0.29) is 0 Å². The van der Waals surface area contributed by atoms with Gasteiger partial charge >= 0.3 is 5.97 Å². The molecule has 0 saturated carbocycles. The monoisotopic (exact) mass is 493 g/mol. The molecule has 4 nitrogen and oxygen atoms in total. The Morgan fingerprint density at radius 1 is 0.969 bits per heavy atom. The molecule has 0 aromatic heterocycles. The quantitative estimate of drug-likeness (QED) is 0.446. The van der Waals surface area contributed by atoms with Gasteiger partial charge in [0.25, 0.3) is 0 Å². The minimum Gasteiger partial charge on any atom is -0.481 e. The minimum atomic E-state index is -0.980. The fraction of sp³-hybridized carbons (Fsp3) is 0.296. The van der Waals surface area contributed by atoms with Crippen LogP contribution in [0.5, 0.6) is 0 Å². The van der Waals surface area contributed by atoms with E-state index in [1.165, 1.54) is 5.56 Å². The Kier molecular flexibility index (Phi) is 7.40. The zero-order chi connectivity index (χ0) is 22.4. The van der Waals surface area contributed by atoms with E-state index >= 15 is 0 Å². The maximum atomic E-state index is 12.8. The third-order valence-electron chi connectivity index (χ3n) is 6.35. The highest BCUT2D eigenvalue weighted by Gasteiger charge is 2.50. The smallest absolute Gasteiger partial charge is 0.312 e. The van der Waals surface area contributed by atoms with Gasteiger partial charge in [-0.2, -0.15) is 0 Å². The van der Waals surface area contributed by atoms with Gasteiger partial charge < -0.3 is 9.84 Å². The topological polar surface area (TPSA) is 49.8 Å². The highest BCUT2D eigenvalue weighted by atomic mass is 79.9. The van der Waals surface area contributed by atoms with E-state index in [4.69, 9.17) is 4.74 Å². The SMILES string of the molecule is O=C(O)C1(Cc2ccccc2Br)CCN(Cc2ccccc2)CC1OCc1ccccc1. The van der Waals surface area contributed by atoms with Crippen LogP contribution in [0.15, 0.2) is 89.4 Å². The molecule has 1 fully saturated rings. The third-order valence-corrected chi connectivity index (χ3v) is 7.12. The number of benzene rings is 3. The van der Waals surface area contributed by atoms with E-state index < -0.39 is 17.5 Å². The molecule has 2 unspecified atom stereocenters. The number of halogens is 1. The Balaban J connectivity index is 1.60. The van der Waals surface area contributed by atoms with E-state index in [0.717, 1.165) is 28.7 Å². The summed E-state index contributed by atoms with van der Waals surface area (Å²) in [5, 5.41) is 10.5. The molecule has 0 spiro atoms. The molecule has 3 aromatic carbocycles. The van der Waals surface area contributed by atoms with Gasteiger partial charge in [-0.15, -0.1) is 0 Å². The first-order chi connectivity index (χ1) is 15.6. The average Bonchev–Trinajstić information content (AvgIpc) is 2.81. The summed E-state index contributed by atoms with van der Waals surface area (Å²) < 4.78 is 7.33. The first-order valence-electron chi connectivity index (χ1n) is 11.0. The summed E-state index contributed by atoms with van der Waals surface area (Å²) in [5.74, 6) is -0.786. The summed E-state index contributed by atoms with van der Waals surface area (Å²) in [5.41, 5.74) is 2.29. The van der Waals surface area contributed by atoms with Crippen molar-refractivity contribution < 1.29 is 14.6 Å². The fourth-order valence-corrected chi connectivity index (χ4v) is 4.92. The Morgan fingerprint density at radius 2 is 1.59 bits per heavy atom. The highest BCUT2D eigenvalue weighted by Crippen LogP contribution is 2.40. The van der Waals surface area contributed by atoms with Crippen molar-refractivity contribution in [2.45, 2.75) is 32.1 Å². The lowest BCUT2D eigenvalue weighted by molar-refractivity contribution is -0.170. The summed E-state index contributed by atoms with van der Waals surface area (Å²) >= 11 is 3.60. The van der Waals surface area contributed by atoms with E-state index in [2.05, 4.69) is 33.0 Å². The van der Waals surface area contributed by atoms with Crippen LogP contribution in [0.1, 0.15) is 23.1 Å². The summed E-state index contributed by atoms with van der Waals surface area (Å²) in [6, 6.07) is 28.1. The number of piperidine rings is 1. The molecule has 2 atom stereocenters. The average molecular weight is 494 g/mol. The van der Waals surface area contributed by atoms with Crippen molar-refractivity contribution in [3.63, 3.8) is 0 Å². The molecule has 1 saturated heterocycles. The van der Waals surface area contributed by atoms with Gasteiger partial charge in [0.15, 0.2) is 0 Å². The molecule has 3 aromatic rings. The van der Waals surface area contributed by atoms with Crippen molar-refractivity contribution in [3.05, 3.63) is 106 Å². The van der Waals surface area contributed by atoms with Gasteiger partial charge in [-0.3, -0.25) is 9.69 Å². The van der Waals surface area contributed by atoms with Crippen molar-refractivity contribution >= 4 is 21.9 Å². The van der Waals surface area contributed by atoms with E-state index in [0.29, 0.717) is 26.0 Å². The predicted octanol–water partition coefficient (Wildman–Crippen LogP) is 5.55. The van der Waals surface area contributed by atoms with Gasteiger partial charge in [0.1, 0.15) is 5.41 Å². The van der Waals surface area contributed by atoms with Gasteiger partial charge in [-0.25, -0.2) is 0 Å². The predicted molar refractivity (Wildman–Crippen MR) is 129 cm³/mol. The van der Waals surface area contributed by atoms with Crippen molar-refractivity contribution in [3.8, 4) is 0 Å². The van der Waals surface area contributed by atoms with E-state index in [9.17, 15) is 9.90 Å². The Hall–Kier alpha value is -2.47. The van der Waals surface area contributed by atoms with Crippen LogP contribution in [0.25, 0.3) is 0 Å². The van der Waals surface area contributed by atoms with E-state index in [1.807, 2.05) is 72.8 Å². The van der Waals surface area contributed by atoms with Gasteiger partial charge in [-0.1, -0.05) is 94.8 Å². The van der Waals surface area contributed by atoms with Crippen LogP contribution in [-0.2, 0) is 29.1 Å². The lowest BCUT2D eigenvalue weighted by atomic mass is 9.71. The molecule has 1 aliphatic heterocycles. The maximum Gasteiger partial charge on any atom is 0.312 e. The molecule has 166 valence electrons. The van der Waals surface area contributed by atoms with Crippen LogP contribution in [0, 0.1) is 5.41 Å². The number of carboxylic acids is 1. The van der Waals surface area contributed by atoms with Crippen LogP contribution in [0.2, 0.25) is 0 Å².